The van der Waals surface area contributed by atoms with Crippen molar-refractivity contribution in [3.8, 4) is 0 Å². The summed E-state index contributed by atoms with van der Waals surface area (Å²) in [6, 6.07) is 18.1. The minimum absolute atomic E-state index is 0.0933. The first kappa shape index (κ1) is 22.0. The number of hydrogen-bond donors (Lipinski definition) is 1. The number of nitrogens with one attached hydrogen (secondary N) is 1. The number of carbonyl (C=O) groups is 1. The lowest BCUT2D eigenvalue weighted by atomic mass is 9.97. The molecule has 0 aliphatic carbocycles. The highest BCUT2D eigenvalue weighted by Gasteiger charge is 2.42. The summed E-state index contributed by atoms with van der Waals surface area (Å²) in [5, 5.41) is 3.93. The predicted molar refractivity (Wildman–Crippen MR) is 128 cm³/mol. The Morgan fingerprint density at radius 1 is 1.16 bits per heavy atom. The van der Waals surface area contributed by atoms with Crippen LogP contribution in [-0.2, 0) is 16.1 Å². The molecule has 1 N–H and O–H groups in total. The van der Waals surface area contributed by atoms with Crippen molar-refractivity contribution in [3.63, 3.8) is 0 Å². The molecule has 2 aromatic heterocycles. The Labute approximate surface area is 194 Å². The van der Waals surface area contributed by atoms with Crippen LogP contribution >= 0.6 is 12.2 Å². The van der Waals surface area contributed by atoms with Crippen LogP contribution in [0.3, 0.4) is 0 Å². The third-order valence-electron chi connectivity index (χ3n) is 5.92. The van der Waals surface area contributed by atoms with Gasteiger partial charge in [-0.25, -0.2) is 0 Å². The van der Waals surface area contributed by atoms with E-state index in [0.717, 1.165) is 29.2 Å². The molecule has 4 rings (SSSR count). The third-order valence-corrected chi connectivity index (χ3v) is 6.27. The lowest BCUT2D eigenvalue weighted by Crippen LogP contribution is -2.35. The maximum Gasteiger partial charge on any atom is 0.325 e. The molecular weight excluding hydrogens is 420 g/mol. The highest BCUT2D eigenvalue weighted by Crippen LogP contribution is 2.40. The van der Waals surface area contributed by atoms with Crippen molar-refractivity contribution in [1.82, 2.24) is 19.8 Å². The Morgan fingerprint density at radius 2 is 1.91 bits per heavy atom. The first-order valence-electron chi connectivity index (χ1n) is 10.8. The maximum atomic E-state index is 12.4. The summed E-state index contributed by atoms with van der Waals surface area (Å²) >= 11 is 5.66. The molecule has 1 aliphatic rings. The molecule has 6 nitrogen and oxygen atoms in total. The van der Waals surface area contributed by atoms with Crippen molar-refractivity contribution in [2.75, 3.05) is 13.2 Å². The van der Waals surface area contributed by atoms with Crippen LogP contribution in [0, 0.1) is 13.8 Å². The van der Waals surface area contributed by atoms with Crippen LogP contribution in [0.5, 0.6) is 0 Å². The normalized spacial score (nSPS) is 18.0. The van der Waals surface area contributed by atoms with E-state index >= 15 is 0 Å². The number of nitrogens with zero attached hydrogens (tertiary/aromatic N) is 3. The van der Waals surface area contributed by atoms with Gasteiger partial charge in [-0.1, -0.05) is 36.4 Å². The van der Waals surface area contributed by atoms with Gasteiger partial charge in [0.25, 0.3) is 0 Å². The number of carbonyl (C=O) groups excluding carboxylic acids is 1. The topological polar surface area (TPSA) is 59.4 Å². The lowest BCUT2D eigenvalue weighted by Gasteiger charge is -2.27. The van der Waals surface area contributed by atoms with Gasteiger partial charge < -0.3 is 19.5 Å². The van der Waals surface area contributed by atoms with E-state index in [9.17, 15) is 4.79 Å². The number of rotatable bonds is 7. The molecule has 0 amide bonds. The monoisotopic (exact) mass is 448 g/mol. The van der Waals surface area contributed by atoms with Gasteiger partial charge in [-0.3, -0.25) is 9.78 Å². The van der Waals surface area contributed by atoms with E-state index in [1.165, 1.54) is 5.56 Å². The molecule has 7 heteroatoms. The van der Waals surface area contributed by atoms with Crippen molar-refractivity contribution < 1.29 is 9.53 Å². The van der Waals surface area contributed by atoms with Crippen LogP contribution in [0.15, 0.2) is 60.8 Å². The minimum Gasteiger partial charge on any atom is -0.465 e. The van der Waals surface area contributed by atoms with Gasteiger partial charge >= 0.3 is 5.97 Å². The van der Waals surface area contributed by atoms with E-state index in [2.05, 4.69) is 59.0 Å². The average Bonchev–Trinajstić information content (AvgIpc) is 3.26. The van der Waals surface area contributed by atoms with Gasteiger partial charge in [-0.15, -0.1) is 0 Å². The summed E-state index contributed by atoms with van der Waals surface area (Å²) in [4.78, 5) is 18.9. The minimum atomic E-state index is -0.290. The second-order valence-corrected chi connectivity index (χ2v) is 8.34. The molecule has 1 aromatic carbocycles. The second-order valence-electron chi connectivity index (χ2n) is 7.96. The van der Waals surface area contributed by atoms with Gasteiger partial charge in [-0.2, -0.15) is 0 Å². The fourth-order valence-corrected chi connectivity index (χ4v) is 4.70. The standard InChI is InChI=1S/C25H28N4O2S/c1-4-31-22(30)16-29-24(23(27-25(29)32)21-12-8-9-13-26-21)20-14-17(2)28(18(20)3)15-19-10-6-5-7-11-19/h5-14,23-24H,4,15-16H2,1-3H3,(H,27,32)/t23-,24+/m1/s1. The van der Waals surface area contributed by atoms with Crippen LogP contribution in [0.1, 0.15) is 47.2 Å². The third kappa shape index (κ3) is 4.39. The molecule has 3 aromatic rings. The average molecular weight is 449 g/mol. The summed E-state index contributed by atoms with van der Waals surface area (Å²) in [5.74, 6) is -0.290. The molecule has 0 bridgehead atoms. The smallest absolute Gasteiger partial charge is 0.325 e. The molecule has 1 aliphatic heterocycles. The second kappa shape index (κ2) is 9.53. The predicted octanol–water partition coefficient (Wildman–Crippen LogP) is 4.08. The molecule has 0 spiro atoms. The van der Waals surface area contributed by atoms with Gasteiger partial charge in [0.15, 0.2) is 5.11 Å². The Hall–Kier alpha value is -3.19. The molecule has 0 saturated carbocycles. The van der Waals surface area contributed by atoms with E-state index < -0.39 is 0 Å². The van der Waals surface area contributed by atoms with Crippen molar-refractivity contribution >= 4 is 23.3 Å². The van der Waals surface area contributed by atoms with Crippen molar-refractivity contribution in [2.24, 2.45) is 0 Å². The first-order chi connectivity index (χ1) is 15.5. The lowest BCUT2D eigenvalue weighted by molar-refractivity contribution is -0.143. The van der Waals surface area contributed by atoms with E-state index in [-0.39, 0.29) is 24.6 Å². The Bertz CT molecular complexity index is 1100. The quantitative estimate of drug-likeness (QED) is 0.434. The number of thiocarbonyl (C=S) groups is 1. The van der Waals surface area contributed by atoms with Gasteiger partial charge in [0.05, 0.1) is 24.4 Å². The summed E-state index contributed by atoms with van der Waals surface area (Å²) < 4.78 is 7.54. The Balaban J connectivity index is 1.74. The van der Waals surface area contributed by atoms with Crippen LogP contribution < -0.4 is 5.32 Å². The number of pyridine rings is 1. The zero-order chi connectivity index (χ0) is 22.7. The number of hydrogen-bond acceptors (Lipinski definition) is 4. The molecule has 2 atom stereocenters. The van der Waals surface area contributed by atoms with Gasteiger partial charge in [-0.05, 0) is 62.3 Å². The van der Waals surface area contributed by atoms with E-state index in [1.807, 2.05) is 36.1 Å². The van der Waals surface area contributed by atoms with Crippen molar-refractivity contribution in [3.05, 3.63) is 89.0 Å². The van der Waals surface area contributed by atoms with Gasteiger partial charge in [0, 0.05) is 24.1 Å². The fourth-order valence-electron chi connectivity index (χ4n) is 4.40. The van der Waals surface area contributed by atoms with E-state index in [1.54, 1.807) is 6.20 Å². The SMILES string of the molecule is CCOC(=O)CN1C(=S)N[C@H](c2ccccn2)[C@@H]1c1cc(C)n(Cc2ccccc2)c1C. The number of benzene rings is 1. The highest BCUT2D eigenvalue weighted by molar-refractivity contribution is 7.80. The van der Waals surface area contributed by atoms with Gasteiger partial charge in [0.2, 0.25) is 0 Å². The van der Waals surface area contributed by atoms with Crippen molar-refractivity contribution in [1.29, 1.82) is 0 Å². The molecule has 1 saturated heterocycles. The van der Waals surface area contributed by atoms with Crippen molar-refractivity contribution in [2.45, 2.75) is 39.4 Å². The summed E-state index contributed by atoms with van der Waals surface area (Å²) in [6.45, 7) is 7.28. The molecule has 1 fully saturated rings. The number of aromatic nitrogens is 2. The van der Waals surface area contributed by atoms with Crippen LogP contribution in [0.25, 0.3) is 0 Å². The van der Waals surface area contributed by atoms with Gasteiger partial charge in [0.1, 0.15) is 6.54 Å². The Kier molecular flexibility index (Phi) is 6.55. The van der Waals surface area contributed by atoms with Crippen LogP contribution in [-0.4, -0.2) is 38.7 Å². The van der Waals surface area contributed by atoms with Crippen LogP contribution in [0.2, 0.25) is 0 Å². The number of ether oxygens (including phenoxy) is 1. The molecule has 0 unspecified atom stereocenters. The number of aryl methyl sites for hydroxylation is 1. The number of esters is 1. The zero-order valence-electron chi connectivity index (χ0n) is 18.6. The summed E-state index contributed by atoms with van der Waals surface area (Å²) in [6.07, 6.45) is 1.78. The largest absolute Gasteiger partial charge is 0.465 e. The van der Waals surface area contributed by atoms with E-state index in [0.29, 0.717) is 11.7 Å². The molecular formula is C25H28N4O2S. The molecule has 3 heterocycles. The fraction of sp³-hybridized carbons (Fsp3) is 0.320. The zero-order valence-corrected chi connectivity index (χ0v) is 19.4. The molecule has 0 radical (unpaired) electrons. The maximum absolute atomic E-state index is 12.4. The molecule has 32 heavy (non-hydrogen) atoms. The highest BCUT2D eigenvalue weighted by atomic mass is 32.1. The first-order valence-corrected chi connectivity index (χ1v) is 11.2. The molecule has 166 valence electrons. The summed E-state index contributed by atoms with van der Waals surface area (Å²) in [7, 11) is 0. The Morgan fingerprint density at radius 3 is 2.59 bits per heavy atom. The van der Waals surface area contributed by atoms with Crippen LogP contribution in [0.4, 0.5) is 0 Å². The summed E-state index contributed by atoms with van der Waals surface area (Å²) in [5.41, 5.74) is 5.57. The van der Waals surface area contributed by atoms with E-state index in [4.69, 9.17) is 17.0 Å².